The van der Waals surface area contributed by atoms with E-state index in [2.05, 4.69) is 32.6 Å². The van der Waals surface area contributed by atoms with Crippen LogP contribution in [0.5, 0.6) is 0 Å². The maximum atomic E-state index is 12.4. The van der Waals surface area contributed by atoms with Gasteiger partial charge in [-0.3, -0.25) is 9.59 Å². The Kier molecular flexibility index (Phi) is 7.55. The van der Waals surface area contributed by atoms with Crippen molar-refractivity contribution in [3.63, 3.8) is 0 Å². The molecule has 5 heteroatoms. The Balaban J connectivity index is 1.76. The number of hydrogen-bond donors (Lipinski definition) is 3. The summed E-state index contributed by atoms with van der Waals surface area (Å²) < 4.78 is 0. The van der Waals surface area contributed by atoms with Gasteiger partial charge < -0.3 is 15.3 Å². The van der Waals surface area contributed by atoms with Gasteiger partial charge in [-0.15, -0.1) is 0 Å². The minimum absolute atomic E-state index is 0.139. The van der Waals surface area contributed by atoms with Gasteiger partial charge in [0.1, 0.15) is 5.41 Å². The Morgan fingerprint density at radius 3 is 2.58 bits per heavy atom. The minimum atomic E-state index is -1.41. The van der Waals surface area contributed by atoms with Crippen molar-refractivity contribution >= 4 is 11.8 Å². The van der Waals surface area contributed by atoms with Gasteiger partial charge in [-0.2, -0.15) is 0 Å². The van der Waals surface area contributed by atoms with Gasteiger partial charge in [0.2, 0.25) is 0 Å². The number of fused-ring (bicyclic) bond motifs is 1. The van der Waals surface area contributed by atoms with Crippen molar-refractivity contribution in [3.05, 3.63) is 47.6 Å². The molecule has 3 rings (SSSR count). The summed E-state index contributed by atoms with van der Waals surface area (Å²) in [5.74, 6) is -0.371. The molecular weight excluding hydrogens is 416 g/mol. The summed E-state index contributed by atoms with van der Waals surface area (Å²) in [6, 6.07) is 0. The number of rotatable bonds is 6. The maximum absolute atomic E-state index is 12.4. The third-order valence-electron chi connectivity index (χ3n) is 8.64. The normalized spacial score (nSPS) is 36.4. The molecule has 0 amide bonds. The van der Waals surface area contributed by atoms with Gasteiger partial charge >= 0.3 is 5.97 Å². The minimum Gasteiger partial charge on any atom is -0.481 e. The second-order valence-corrected chi connectivity index (χ2v) is 11.2. The molecule has 33 heavy (non-hydrogen) atoms. The molecular formula is C28H40O5. The van der Waals surface area contributed by atoms with Crippen molar-refractivity contribution in [1.82, 2.24) is 0 Å². The van der Waals surface area contributed by atoms with E-state index in [9.17, 15) is 24.9 Å². The van der Waals surface area contributed by atoms with Crippen LogP contribution in [-0.2, 0) is 9.59 Å². The van der Waals surface area contributed by atoms with Crippen LogP contribution in [0.15, 0.2) is 47.6 Å². The molecule has 0 unspecified atom stereocenters. The molecule has 0 aromatic heterocycles. The zero-order valence-electron chi connectivity index (χ0n) is 20.5. The second-order valence-electron chi connectivity index (χ2n) is 11.2. The van der Waals surface area contributed by atoms with Crippen LogP contribution in [0.2, 0.25) is 0 Å². The first-order chi connectivity index (χ1) is 15.4. The molecule has 3 fully saturated rings. The fraction of sp³-hybridized carbons (Fsp3) is 0.643. The molecule has 5 nitrogen and oxygen atoms in total. The zero-order valence-corrected chi connectivity index (χ0v) is 20.5. The monoisotopic (exact) mass is 456 g/mol. The number of aliphatic carboxylic acids is 1. The topological polar surface area (TPSA) is 94.8 Å². The summed E-state index contributed by atoms with van der Waals surface area (Å²) in [4.78, 5) is 23.8. The Hall–Kier alpha value is -1.98. The lowest BCUT2D eigenvalue weighted by Crippen LogP contribution is -2.36. The van der Waals surface area contributed by atoms with Crippen molar-refractivity contribution in [2.45, 2.75) is 84.8 Å². The Morgan fingerprint density at radius 2 is 1.91 bits per heavy atom. The van der Waals surface area contributed by atoms with Crippen LogP contribution in [0.3, 0.4) is 0 Å². The lowest BCUT2D eigenvalue weighted by molar-refractivity contribution is -0.151. The predicted octanol–water partition coefficient (Wildman–Crippen LogP) is 5.00. The molecule has 3 aliphatic carbocycles. The van der Waals surface area contributed by atoms with Crippen LogP contribution in [0.4, 0.5) is 0 Å². The van der Waals surface area contributed by atoms with Gasteiger partial charge in [-0.25, -0.2) is 0 Å². The molecule has 6 atom stereocenters. The smallest absolute Gasteiger partial charge is 0.316 e. The summed E-state index contributed by atoms with van der Waals surface area (Å²) in [5, 5.41) is 29.5. The molecule has 182 valence electrons. The molecule has 0 saturated heterocycles. The standard InChI is InChI=1S/C28H40O5/c1-17(8-13-25(31)27(3,4)26(32)33)22-11-12-23-19(7-6-14-28(22,23)5)9-10-20-15-21(29)16-24(30)18(20)2/h8-10,13,17,21-24,29-30H,2,6-7,11-12,14-16H2,1,3-5H3,(H,32,33)/b13-8+,19-9+,20-10-/t17-,21-,22-,23+,24+,28-/m1/s1. The lowest BCUT2D eigenvalue weighted by Gasteiger charge is -2.44. The molecule has 0 bridgehead atoms. The fourth-order valence-electron chi connectivity index (χ4n) is 6.30. The van der Waals surface area contributed by atoms with E-state index in [0.29, 0.717) is 30.3 Å². The maximum Gasteiger partial charge on any atom is 0.316 e. The van der Waals surface area contributed by atoms with Crippen LogP contribution >= 0.6 is 0 Å². The van der Waals surface area contributed by atoms with E-state index >= 15 is 0 Å². The number of carbonyl (C=O) groups is 2. The van der Waals surface area contributed by atoms with E-state index in [1.807, 2.05) is 6.08 Å². The van der Waals surface area contributed by atoms with Gasteiger partial charge in [-0.1, -0.05) is 44.2 Å². The first-order valence-corrected chi connectivity index (χ1v) is 12.3. The summed E-state index contributed by atoms with van der Waals surface area (Å²) in [7, 11) is 0. The molecule has 0 heterocycles. The molecule has 0 spiro atoms. The number of allylic oxidation sites excluding steroid dienone is 5. The molecule has 0 aliphatic heterocycles. The van der Waals surface area contributed by atoms with E-state index in [1.165, 1.54) is 25.5 Å². The van der Waals surface area contributed by atoms with Crippen molar-refractivity contribution < 1.29 is 24.9 Å². The summed E-state index contributed by atoms with van der Waals surface area (Å²) in [6.45, 7) is 11.4. The fourth-order valence-corrected chi connectivity index (χ4v) is 6.30. The highest BCUT2D eigenvalue weighted by Crippen LogP contribution is 2.59. The summed E-state index contributed by atoms with van der Waals surface area (Å²) in [6.07, 6.45) is 12.9. The molecule has 3 aliphatic rings. The van der Waals surface area contributed by atoms with Crippen LogP contribution in [0.1, 0.15) is 72.6 Å². The Morgan fingerprint density at radius 1 is 1.21 bits per heavy atom. The van der Waals surface area contributed by atoms with Crippen LogP contribution < -0.4 is 0 Å². The third-order valence-corrected chi connectivity index (χ3v) is 8.64. The first kappa shape index (κ1) is 25.6. The second kappa shape index (κ2) is 9.71. The summed E-state index contributed by atoms with van der Waals surface area (Å²) >= 11 is 0. The number of aliphatic hydroxyl groups excluding tert-OH is 2. The van der Waals surface area contributed by atoms with Gasteiger partial charge in [0.15, 0.2) is 5.78 Å². The largest absolute Gasteiger partial charge is 0.481 e. The van der Waals surface area contributed by atoms with Gasteiger partial charge in [0, 0.05) is 6.42 Å². The van der Waals surface area contributed by atoms with Crippen molar-refractivity contribution in [2.75, 3.05) is 0 Å². The number of carbonyl (C=O) groups excluding carboxylic acids is 1. The SMILES string of the molecule is C=C1/C(=C\C=C2/CCC[C@]3(C)[C@@H]([C@H](C)/C=C/C(=O)C(C)(C)C(=O)O)CC[C@@H]23)C[C@@H](O)C[C@@H]1O. The average molecular weight is 457 g/mol. The molecule has 0 aromatic carbocycles. The van der Waals surface area contributed by atoms with Crippen molar-refractivity contribution in [2.24, 2.45) is 28.6 Å². The summed E-state index contributed by atoms with van der Waals surface area (Å²) in [5.41, 5.74) is 1.82. The van der Waals surface area contributed by atoms with E-state index in [-0.39, 0.29) is 17.1 Å². The van der Waals surface area contributed by atoms with Crippen LogP contribution in [0.25, 0.3) is 0 Å². The first-order valence-electron chi connectivity index (χ1n) is 12.3. The van der Waals surface area contributed by atoms with Crippen molar-refractivity contribution in [3.8, 4) is 0 Å². The van der Waals surface area contributed by atoms with E-state index < -0.39 is 23.6 Å². The Bertz CT molecular complexity index is 892. The molecule has 0 aromatic rings. The predicted molar refractivity (Wildman–Crippen MR) is 129 cm³/mol. The average Bonchev–Trinajstić information content (AvgIpc) is 3.10. The van der Waals surface area contributed by atoms with E-state index in [1.54, 1.807) is 0 Å². The number of aliphatic hydroxyl groups is 2. The van der Waals surface area contributed by atoms with Gasteiger partial charge in [0.25, 0.3) is 0 Å². The number of hydrogen-bond acceptors (Lipinski definition) is 4. The number of carboxylic acid groups (broad SMARTS) is 1. The number of ketones is 1. The van der Waals surface area contributed by atoms with Crippen LogP contribution in [0, 0.1) is 28.6 Å². The highest BCUT2D eigenvalue weighted by molar-refractivity contribution is 6.07. The lowest BCUT2D eigenvalue weighted by atomic mass is 9.61. The molecule has 3 saturated carbocycles. The quantitative estimate of drug-likeness (QED) is 0.386. The van der Waals surface area contributed by atoms with Crippen molar-refractivity contribution in [1.29, 1.82) is 0 Å². The van der Waals surface area contributed by atoms with Gasteiger partial charge in [0.05, 0.1) is 12.2 Å². The van der Waals surface area contributed by atoms with E-state index in [4.69, 9.17) is 0 Å². The third kappa shape index (κ3) is 5.09. The highest BCUT2D eigenvalue weighted by Gasteiger charge is 2.50. The number of carboxylic acids is 1. The molecule has 0 radical (unpaired) electrons. The zero-order chi connectivity index (χ0) is 24.6. The van der Waals surface area contributed by atoms with Gasteiger partial charge in [-0.05, 0) is 92.8 Å². The Labute approximate surface area is 198 Å². The van der Waals surface area contributed by atoms with E-state index in [0.717, 1.165) is 37.7 Å². The molecule has 3 N–H and O–H groups in total. The highest BCUT2D eigenvalue weighted by atomic mass is 16.4. The van der Waals surface area contributed by atoms with Crippen LogP contribution in [-0.4, -0.2) is 39.3 Å².